The van der Waals surface area contributed by atoms with Crippen molar-refractivity contribution in [2.45, 2.75) is 77.6 Å². The maximum absolute atomic E-state index is 11.6. The van der Waals surface area contributed by atoms with E-state index in [0.717, 1.165) is 25.2 Å². The van der Waals surface area contributed by atoms with E-state index in [0.29, 0.717) is 12.4 Å². The van der Waals surface area contributed by atoms with Gasteiger partial charge in [0.15, 0.2) is 0 Å². The van der Waals surface area contributed by atoms with E-state index in [4.69, 9.17) is 9.47 Å². The van der Waals surface area contributed by atoms with E-state index in [9.17, 15) is 4.79 Å². The van der Waals surface area contributed by atoms with Gasteiger partial charge in [0.2, 0.25) is 0 Å². The Bertz CT molecular complexity index is 536. The third kappa shape index (κ3) is 8.55. The number of allylic oxidation sites excluding steroid dienone is 2. The second kappa shape index (κ2) is 12.6. The molecule has 1 atom stereocenters. The van der Waals surface area contributed by atoms with E-state index in [2.05, 4.69) is 13.0 Å². The molecule has 1 aliphatic carbocycles. The Kier molecular flexibility index (Phi) is 9.92. The van der Waals surface area contributed by atoms with Crippen LogP contribution in [0.3, 0.4) is 0 Å². The maximum atomic E-state index is 11.6. The number of para-hydroxylation sites is 1. The van der Waals surface area contributed by atoms with Crippen molar-refractivity contribution in [2.75, 3.05) is 6.61 Å². The first-order chi connectivity index (χ1) is 12.8. The average molecular weight is 359 g/mol. The highest BCUT2D eigenvalue weighted by molar-refractivity contribution is 5.63. The molecule has 0 saturated carbocycles. The van der Waals surface area contributed by atoms with Crippen LogP contribution >= 0.6 is 0 Å². The van der Waals surface area contributed by atoms with Crippen molar-refractivity contribution in [3.05, 3.63) is 42.0 Å². The quantitative estimate of drug-likeness (QED) is 0.184. The topological polar surface area (TPSA) is 35.5 Å². The summed E-state index contributed by atoms with van der Waals surface area (Å²) in [5.74, 6) is 1.43. The molecule has 1 unspecified atom stereocenters. The molecule has 0 saturated heterocycles. The summed E-state index contributed by atoms with van der Waals surface area (Å²) in [6.45, 7) is 2.70. The highest BCUT2D eigenvalue weighted by Crippen LogP contribution is 2.30. The Balaban J connectivity index is 1.49. The zero-order valence-corrected chi connectivity index (χ0v) is 16.3. The third-order valence-electron chi connectivity index (χ3n) is 5.14. The van der Waals surface area contributed by atoms with Crippen LogP contribution in [-0.4, -0.2) is 12.8 Å². The third-order valence-corrected chi connectivity index (χ3v) is 5.14. The first kappa shape index (κ1) is 20.5. The maximum Gasteiger partial charge on any atom is 0.513 e. The largest absolute Gasteiger partial charge is 0.513 e. The van der Waals surface area contributed by atoms with Crippen LogP contribution in [0, 0.1) is 5.92 Å². The molecule has 0 spiro atoms. The first-order valence-corrected chi connectivity index (χ1v) is 10.4. The van der Waals surface area contributed by atoms with Crippen LogP contribution in [0.4, 0.5) is 4.79 Å². The molecule has 0 fully saturated rings. The van der Waals surface area contributed by atoms with Crippen molar-refractivity contribution in [1.29, 1.82) is 0 Å². The van der Waals surface area contributed by atoms with Gasteiger partial charge in [-0.3, -0.25) is 0 Å². The molecule has 0 aromatic heterocycles. The predicted molar refractivity (Wildman–Crippen MR) is 106 cm³/mol. The number of carbonyl (C=O) groups excluding carboxylic acids is 1. The van der Waals surface area contributed by atoms with Gasteiger partial charge in [-0.25, -0.2) is 4.79 Å². The second-order valence-electron chi connectivity index (χ2n) is 7.32. The van der Waals surface area contributed by atoms with Gasteiger partial charge in [0, 0.05) is 0 Å². The van der Waals surface area contributed by atoms with E-state index in [1.165, 1.54) is 51.4 Å². The number of hydrogen-bond acceptors (Lipinski definition) is 3. The zero-order valence-electron chi connectivity index (χ0n) is 16.3. The Morgan fingerprint density at radius 3 is 2.65 bits per heavy atom. The average Bonchev–Trinajstić information content (AvgIpc) is 2.67. The van der Waals surface area contributed by atoms with Gasteiger partial charge in [0.05, 0.1) is 6.61 Å². The van der Waals surface area contributed by atoms with Crippen molar-refractivity contribution in [3.63, 3.8) is 0 Å². The molecule has 1 aromatic rings. The molecule has 0 amide bonds. The Morgan fingerprint density at radius 1 is 1.08 bits per heavy atom. The number of benzene rings is 1. The van der Waals surface area contributed by atoms with E-state index in [1.807, 2.05) is 18.2 Å². The lowest BCUT2D eigenvalue weighted by Crippen LogP contribution is -2.11. The summed E-state index contributed by atoms with van der Waals surface area (Å²) in [7, 11) is 0. The fraction of sp³-hybridized carbons (Fsp3) is 0.609. The summed E-state index contributed by atoms with van der Waals surface area (Å²) in [4.78, 5) is 11.6. The summed E-state index contributed by atoms with van der Waals surface area (Å²) in [6, 6.07) is 9.03. The summed E-state index contributed by atoms with van der Waals surface area (Å²) in [5.41, 5.74) is 1.60. The summed E-state index contributed by atoms with van der Waals surface area (Å²) in [6.07, 6.45) is 15.8. The Morgan fingerprint density at radius 2 is 1.92 bits per heavy atom. The van der Waals surface area contributed by atoms with Crippen molar-refractivity contribution in [1.82, 2.24) is 0 Å². The molecule has 0 N–H and O–H groups in total. The molecule has 1 aromatic carbocycles. The molecule has 0 radical (unpaired) electrons. The van der Waals surface area contributed by atoms with Crippen molar-refractivity contribution < 1.29 is 14.3 Å². The smallest absolute Gasteiger partial charge is 0.434 e. The molecule has 0 bridgehead atoms. The number of rotatable bonds is 11. The predicted octanol–water partition coefficient (Wildman–Crippen LogP) is 7.07. The lowest BCUT2D eigenvalue weighted by atomic mass is 9.84. The molecule has 2 rings (SSSR count). The standard InChI is InChI=1S/C23H34O3/c1-2-3-4-6-11-20-15-17-21(18-16-20)12-9-10-19-25-23(24)26-22-13-7-5-8-14-22/h5,7-8,13-14,17,20H,2-4,6,9-12,15-16,18-19H2,1H3. The van der Waals surface area contributed by atoms with Crippen molar-refractivity contribution in [2.24, 2.45) is 5.92 Å². The number of ether oxygens (including phenoxy) is 2. The molecular formula is C23H34O3. The van der Waals surface area contributed by atoms with Crippen LogP contribution in [0.1, 0.15) is 77.6 Å². The molecule has 3 nitrogen and oxygen atoms in total. The van der Waals surface area contributed by atoms with E-state index < -0.39 is 6.16 Å². The minimum absolute atomic E-state index is 0.430. The van der Waals surface area contributed by atoms with Gasteiger partial charge in [0.25, 0.3) is 0 Å². The number of unbranched alkanes of at least 4 members (excludes halogenated alkanes) is 4. The molecule has 144 valence electrons. The lowest BCUT2D eigenvalue weighted by molar-refractivity contribution is 0.0975. The van der Waals surface area contributed by atoms with Crippen molar-refractivity contribution >= 4 is 6.16 Å². The van der Waals surface area contributed by atoms with Crippen LogP contribution in [-0.2, 0) is 4.74 Å². The normalized spacial score (nSPS) is 16.8. The van der Waals surface area contributed by atoms with Crippen LogP contribution in [0.5, 0.6) is 5.75 Å². The molecule has 0 heterocycles. The van der Waals surface area contributed by atoms with Crippen LogP contribution in [0.2, 0.25) is 0 Å². The van der Waals surface area contributed by atoms with E-state index in [1.54, 1.807) is 17.7 Å². The van der Waals surface area contributed by atoms with Gasteiger partial charge in [-0.15, -0.1) is 0 Å². The van der Waals surface area contributed by atoms with Crippen LogP contribution in [0.15, 0.2) is 42.0 Å². The fourth-order valence-electron chi connectivity index (χ4n) is 3.52. The monoisotopic (exact) mass is 358 g/mol. The zero-order chi connectivity index (χ0) is 18.5. The highest BCUT2D eigenvalue weighted by atomic mass is 16.7. The van der Waals surface area contributed by atoms with Gasteiger partial charge < -0.3 is 9.47 Å². The van der Waals surface area contributed by atoms with Gasteiger partial charge in [-0.1, -0.05) is 68.9 Å². The van der Waals surface area contributed by atoms with Crippen LogP contribution in [0.25, 0.3) is 0 Å². The first-order valence-electron chi connectivity index (χ1n) is 10.4. The summed E-state index contributed by atoms with van der Waals surface area (Å²) < 4.78 is 10.2. The SMILES string of the molecule is CCCCCCC1CC=C(CCCCOC(=O)Oc2ccccc2)CC1. The Hall–Kier alpha value is -1.77. The van der Waals surface area contributed by atoms with Crippen molar-refractivity contribution in [3.8, 4) is 5.75 Å². The van der Waals surface area contributed by atoms with Gasteiger partial charge >= 0.3 is 6.16 Å². The fourth-order valence-corrected chi connectivity index (χ4v) is 3.52. The Labute approximate surface area is 158 Å². The molecule has 26 heavy (non-hydrogen) atoms. The highest BCUT2D eigenvalue weighted by Gasteiger charge is 2.14. The van der Waals surface area contributed by atoms with E-state index >= 15 is 0 Å². The van der Waals surface area contributed by atoms with Gasteiger partial charge in [0.1, 0.15) is 5.75 Å². The lowest BCUT2D eigenvalue weighted by Gasteiger charge is -2.22. The van der Waals surface area contributed by atoms with Gasteiger partial charge in [-0.05, 0) is 56.6 Å². The second-order valence-corrected chi connectivity index (χ2v) is 7.32. The minimum Gasteiger partial charge on any atom is -0.434 e. The minimum atomic E-state index is -0.612. The molecule has 1 aliphatic rings. The summed E-state index contributed by atoms with van der Waals surface area (Å²) in [5, 5.41) is 0. The molecule has 3 heteroatoms. The van der Waals surface area contributed by atoms with Crippen LogP contribution < -0.4 is 4.74 Å². The summed E-state index contributed by atoms with van der Waals surface area (Å²) >= 11 is 0. The van der Waals surface area contributed by atoms with Gasteiger partial charge in [-0.2, -0.15) is 0 Å². The molecular weight excluding hydrogens is 324 g/mol. The number of carbonyl (C=O) groups is 1. The van der Waals surface area contributed by atoms with E-state index in [-0.39, 0.29) is 0 Å². The molecule has 0 aliphatic heterocycles. The number of hydrogen-bond donors (Lipinski definition) is 0.